The van der Waals surface area contributed by atoms with Gasteiger partial charge in [-0.1, -0.05) is 0 Å². The molecule has 2 rings (SSSR count). The lowest BCUT2D eigenvalue weighted by molar-refractivity contribution is -0.130. The Morgan fingerprint density at radius 1 is 1.56 bits per heavy atom. The van der Waals surface area contributed by atoms with Crippen molar-refractivity contribution in [2.24, 2.45) is 0 Å². The topological polar surface area (TPSA) is 32.3 Å². The molecule has 0 aromatic carbocycles. The van der Waals surface area contributed by atoms with E-state index < -0.39 is 0 Å². The number of amides is 1. The van der Waals surface area contributed by atoms with E-state index in [-0.39, 0.29) is 11.9 Å². The van der Waals surface area contributed by atoms with Gasteiger partial charge in [0.15, 0.2) is 0 Å². The monoisotopic (exact) mass is 266 g/mol. The van der Waals surface area contributed by atoms with Crippen LogP contribution < -0.4 is 5.32 Å². The van der Waals surface area contributed by atoms with E-state index >= 15 is 0 Å². The molecule has 3 nitrogen and oxygen atoms in total. The molecule has 0 bridgehead atoms. The van der Waals surface area contributed by atoms with Crippen LogP contribution in [0.4, 0.5) is 0 Å². The van der Waals surface area contributed by atoms with Gasteiger partial charge in [-0.2, -0.15) is 0 Å². The fraction of sp³-hybridized carbons (Fsp3) is 0.643. The van der Waals surface area contributed by atoms with Gasteiger partial charge >= 0.3 is 0 Å². The number of rotatable bonds is 6. The molecule has 1 unspecified atom stereocenters. The van der Waals surface area contributed by atoms with E-state index in [9.17, 15) is 4.79 Å². The Hall–Kier alpha value is -0.870. The average molecular weight is 266 g/mol. The summed E-state index contributed by atoms with van der Waals surface area (Å²) in [6.45, 7) is 7.56. The molecule has 1 aromatic rings. The molecule has 1 atom stereocenters. The van der Waals surface area contributed by atoms with Crippen molar-refractivity contribution in [1.82, 2.24) is 10.2 Å². The van der Waals surface area contributed by atoms with Gasteiger partial charge in [0.25, 0.3) is 0 Å². The first-order valence-electron chi connectivity index (χ1n) is 6.71. The average Bonchev–Trinajstić information content (AvgIpc) is 3.08. The SMILES string of the molecule is CCN(C(=O)CNC(C)c1ccc(C)s1)C1CC1. The van der Waals surface area contributed by atoms with E-state index in [4.69, 9.17) is 0 Å². The molecule has 1 aliphatic carbocycles. The summed E-state index contributed by atoms with van der Waals surface area (Å²) in [5.41, 5.74) is 0. The first-order chi connectivity index (χ1) is 8.61. The van der Waals surface area contributed by atoms with E-state index in [1.165, 1.54) is 22.6 Å². The van der Waals surface area contributed by atoms with Gasteiger partial charge in [0.2, 0.25) is 5.91 Å². The Labute approximate surface area is 113 Å². The first-order valence-corrected chi connectivity index (χ1v) is 7.52. The van der Waals surface area contributed by atoms with Gasteiger partial charge in [0.1, 0.15) is 0 Å². The van der Waals surface area contributed by atoms with Crippen molar-refractivity contribution in [3.8, 4) is 0 Å². The highest BCUT2D eigenvalue weighted by molar-refractivity contribution is 7.12. The molecule has 0 aliphatic heterocycles. The van der Waals surface area contributed by atoms with E-state index in [1.54, 1.807) is 11.3 Å². The second-order valence-electron chi connectivity index (χ2n) is 4.96. The Morgan fingerprint density at radius 2 is 2.28 bits per heavy atom. The smallest absolute Gasteiger partial charge is 0.236 e. The number of likely N-dealkylation sites (N-methyl/N-ethyl adjacent to an activating group) is 1. The number of carbonyl (C=O) groups excluding carboxylic acids is 1. The lowest BCUT2D eigenvalue weighted by Gasteiger charge is -2.21. The van der Waals surface area contributed by atoms with E-state index in [0.717, 1.165) is 6.54 Å². The maximum Gasteiger partial charge on any atom is 0.236 e. The van der Waals surface area contributed by atoms with Crippen LogP contribution in [0, 0.1) is 6.92 Å². The Balaban J connectivity index is 1.81. The summed E-state index contributed by atoms with van der Waals surface area (Å²) in [5.74, 6) is 0.236. The predicted octanol–water partition coefficient (Wildman–Crippen LogP) is 2.72. The number of nitrogens with zero attached hydrogens (tertiary/aromatic N) is 1. The summed E-state index contributed by atoms with van der Waals surface area (Å²) in [5, 5.41) is 3.33. The standard InChI is InChI=1S/C14H22N2OS/c1-4-16(12-6-7-12)14(17)9-15-11(3)13-8-5-10(2)18-13/h5,8,11-12,15H,4,6-7,9H2,1-3H3. The van der Waals surface area contributed by atoms with Crippen LogP contribution in [0.5, 0.6) is 0 Å². The molecule has 0 radical (unpaired) electrons. The summed E-state index contributed by atoms with van der Waals surface area (Å²) < 4.78 is 0. The van der Waals surface area contributed by atoms with Crippen LogP contribution in [-0.4, -0.2) is 29.9 Å². The van der Waals surface area contributed by atoms with Crippen molar-refractivity contribution in [2.45, 2.75) is 45.7 Å². The molecular weight excluding hydrogens is 244 g/mol. The first kappa shape index (κ1) is 13.6. The second-order valence-corrected chi connectivity index (χ2v) is 6.28. The summed E-state index contributed by atoms with van der Waals surface area (Å²) in [6, 6.07) is 5.04. The Morgan fingerprint density at radius 3 is 2.78 bits per heavy atom. The largest absolute Gasteiger partial charge is 0.339 e. The fourth-order valence-corrected chi connectivity index (χ4v) is 3.06. The zero-order chi connectivity index (χ0) is 13.1. The van der Waals surface area contributed by atoms with Gasteiger partial charge in [-0.25, -0.2) is 0 Å². The van der Waals surface area contributed by atoms with Crippen LogP contribution in [0.3, 0.4) is 0 Å². The highest BCUT2D eigenvalue weighted by Gasteiger charge is 2.31. The van der Waals surface area contributed by atoms with Crippen molar-refractivity contribution in [2.75, 3.05) is 13.1 Å². The zero-order valence-corrected chi connectivity index (χ0v) is 12.2. The maximum absolute atomic E-state index is 12.1. The second kappa shape index (κ2) is 5.85. The molecule has 1 N–H and O–H groups in total. The normalized spacial score (nSPS) is 16.6. The van der Waals surface area contributed by atoms with Gasteiger partial charge in [-0.05, 0) is 45.7 Å². The molecule has 1 heterocycles. The highest BCUT2D eigenvalue weighted by atomic mass is 32.1. The molecular formula is C14H22N2OS. The zero-order valence-electron chi connectivity index (χ0n) is 11.4. The Bertz CT molecular complexity index is 412. The van der Waals surface area contributed by atoms with Crippen LogP contribution in [0.1, 0.15) is 42.5 Å². The Kier molecular flexibility index (Phi) is 4.40. The van der Waals surface area contributed by atoms with Gasteiger partial charge < -0.3 is 10.2 Å². The van der Waals surface area contributed by atoms with Crippen LogP contribution in [0.15, 0.2) is 12.1 Å². The summed E-state index contributed by atoms with van der Waals surface area (Å²) in [7, 11) is 0. The number of hydrogen-bond acceptors (Lipinski definition) is 3. The van der Waals surface area contributed by atoms with Crippen molar-refractivity contribution in [1.29, 1.82) is 0 Å². The lowest BCUT2D eigenvalue weighted by atomic mass is 10.2. The number of aryl methyl sites for hydroxylation is 1. The van der Waals surface area contributed by atoms with Crippen LogP contribution in [0.2, 0.25) is 0 Å². The van der Waals surface area contributed by atoms with Crippen LogP contribution in [0.25, 0.3) is 0 Å². The van der Waals surface area contributed by atoms with Gasteiger partial charge in [0.05, 0.1) is 6.54 Å². The minimum atomic E-state index is 0.236. The number of hydrogen-bond donors (Lipinski definition) is 1. The number of nitrogens with one attached hydrogen (secondary N) is 1. The van der Waals surface area contributed by atoms with Crippen LogP contribution in [-0.2, 0) is 4.79 Å². The molecule has 0 saturated heterocycles. The molecule has 1 aromatic heterocycles. The predicted molar refractivity (Wildman–Crippen MR) is 75.9 cm³/mol. The van der Waals surface area contributed by atoms with Crippen molar-refractivity contribution >= 4 is 17.2 Å². The van der Waals surface area contributed by atoms with Crippen LogP contribution >= 0.6 is 11.3 Å². The van der Waals surface area contributed by atoms with E-state index in [0.29, 0.717) is 12.6 Å². The molecule has 1 saturated carbocycles. The van der Waals surface area contributed by atoms with Crippen molar-refractivity contribution in [3.63, 3.8) is 0 Å². The highest BCUT2D eigenvalue weighted by Crippen LogP contribution is 2.26. The molecule has 1 aliphatic rings. The van der Waals surface area contributed by atoms with Gasteiger partial charge in [0, 0.05) is 28.4 Å². The summed E-state index contributed by atoms with van der Waals surface area (Å²) >= 11 is 1.79. The minimum absolute atomic E-state index is 0.236. The molecule has 100 valence electrons. The van der Waals surface area contributed by atoms with E-state index in [2.05, 4.69) is 38.2 Å². The summed E-state index contributed by atoms with van der Waals surface area (Å²) in [4.78, 5) is 16.7. The molecule has 1 amide bonds. The lowest BCUT2D eigenvalue weighted by Crippen LogP contribution is -2.40. The third-order valence-corrected chi connectivity index (χ3v) is 4.58. The minimum Gasteiger partial charge on any atom is -0.339 e. The third kappa shape index (κ3) is 3.33. The summed E-state index contributed by atoms with van der Waals surface area (Å²) in [6.07, 6.45) is 2.36. The third-order valence-electron chi connectivity index (χ3n) is 3.40. The maximum atomic E-state index is 12.1. The molecule has 0 spiro atoms. The molecule has 4 heteroatoms. The number of thiophene rings is 1. The quantitative estimate of drug-likeness (QED) is 0.858. The van der Waals surface area contributed by atoms with Gasteiger partial charge in [-0.15, -0.1) is 11.3 Å². The molecule has 1 fully saturated rings. The van der Waals surface area contributed by atoms with E-state index in [1.807, 2.05) is 4.90 Å². The molecule has 18 heavy (non-hydrogen) atoms. The van der Waals surface area contributed by atoms with Crippen molar-refractivity contribution in [3.05, 3.63) is 21.9 Å². The van der Waals surface area contributed by atoms with Crippen molar-refractivity contribution < 1.29 is 4.79 Å². The fourth-order valence-electron chi connectivity index (χ4n) is 2.15. The van der Waals surface area contributed by atoms with Gasteiger partial charge in [-0.3, -0.25) is 4.79 Å². The number of carbonyl (C=O) groups is 1.